The molecule has 8 aromatic carbocycles. The molecule has 0 atom stereocenters. The van der Waals surface area contributed by atoms with Crippen LogP contribution in [0.5, 0.6) is 46.0 Å². The van der Waals surface area contributed by atoms with Crippen molar-refractivity contribution in [2.45, 2.75) is 266 Å². The molecule has 4 N–H and O–H groups in total. The molecule has 2 aliphatic carbocycles. The van der Waals surface area contributed by atoms with E-state index in [0.717, 1.165) is 122 Å². The number of benzene rings is 8. The number of fused-ring (bicyclic) bond motifs is 16. The van der Waals surface area contributed by atoms with Crippen molar-refractivity contribution in [2.75, 3.05) is 31.8 Å². The van der Waals surface area contributed by atoms with Crippen molar-refractivity contribution in [3.63, 3.8) is 0 Å². The lowest BCUT2D eigenvalue weighted by molar-refractivity contribution is 0.293. The van der Waals surface area contributed by atoms with Gasteiger partial charge in [-0.2, -0.15) is 0 Å². The summed E-state index contributed by atoms with van der Waals surface area (Å²) in [6, 6.07) is 34.7. The maximum Gasteiger partial charge on any atom is 0.126 e. The van der Waals surface area contributed by atoms with Crippen LogP contribution < -0.4 is 18.9 Å². The molecule has 8 nitrogen and oxygen atoms in total. The van der Waals surface area contributed by atoms with Gasteiger partial charge in [-0.25, -0.2) is 0 Å². The van der Waals surface area contributed by atoms with Gasteiger partial charge in [-0.15, -0.1) is 52.6 Å². The highest BCUT2D eigenvalue weighted by atomic mass is 79.9. The second-order valence-corrected chi connectivity index (χ2v) is 33.6. The summed E-state index contributed by atoms with van der Waals surface area (Å²) in [4.78, 5) is 0. The smallest absolute Gasteiger partial charge is 0.126 e. The largest absolute Gasteiger partial charge is 0.507 e. The third-order valence-electron chi connectivity index (χ3n) is 22.6. The summed E-state index contributed by atoms with van der Waals surface area (Å²) in [7, 11) is 0. The Balaban J connectivity index is 0.000000295. The highest BCUT2D eigenvalue weighted by Gasteiger charge is 2.27. The monoisotopic (exact) mass is 1670 g/mol. The fraction of sp³-hybridized carbons (Fsp3) is 0.418. The molecular formula is C110H141BrO8. The van der Waals surface area contributed by atoms with Crippen molar-refractivity contribution >= 4 is 15.9 Å². The SMILES string of the molecule is C=CCc1cc2c(O)c(c1)Cc1cc(CC=C)cc(c1O)Cc1cc(CC=C)cc(c1O)Cc1cc(CC=C)cc(c1O)C2.C=CCc1cc2c(OCCCCCC)c(c1)Cc1cc(CC=C)cc(c1OCCCCCC)Cc1cc(CC=C)cc(c1OCCCCCC)Cc1cc(CC=C)cc(c1OCCCCCC)C2.CCCCCCBr. The predicted octanol–water partition coefficient (Wildman–Crippen LogP) is 28.2. The molecule has 0 fully saturated rings. The Hall–Kier alpha value is -9.44. The molecule has 119 heavy (non-hydrogen) atoms. The molecule has 0 amide bonds. The zero-order valence-electron chi connectivity index (χ0n) is 73.3. The Bertz CT molecular complexity index is 3880. The second kappa shape index (κ2) is 51.9. The maximum atomic E-state index is 11.6. The van der Waals surface area contributed by atoms with Gasteiger partial charge in [0.2, 0.25) is 0 Å². The minimum absolute atomic E-state index is 0.145. The van der Waals surface area contributed by atoms with E-state index in [2.05, 4.69) is 152 Å². The Morgan fingerprint density at radius 2 is 0.370 bits per heavy atom. The lowest BCUT2D eigenvalue weighted by Gasteiger charge is -2.25. The number of allylic oxidation sites excluding steroid dienone is 8. The van der Waals surface area contributed by atoms with E-state index < -0.39 is 0 Å². The van der Waals surface area contributed by atoms with Crippen LogP contribution in [0.3, 0.4) is 0 Å². The molecule has 0 heterocycles. The average Bonchev–Trinajstić information content (AvgIpc) is 0.764. The molecule has 0 radical (unpaired) electrons. The van der Waals surface area contributed by atoms with Crippen LogP contribution in [0, 0.1) is 0 Å². The summed E-state index contributed by atoms with van der Waals surface area (Å²) in [6.45, 7) is 46.5. The average molecular weight is 1670 g/mol. The fourth-order valence-corrected chi connectivity index (χ4v) is 17.2. The van der Waals surface area contributed by atoms with E-state index >= 15 is 0 Å². The summed E-state index contributed by atoms with van der Waals surface area (Å²) >= 11 is 3.38. The molecular weight excluding hydrogens is 1530 g/mol. The van der Waals surface area contributed by atoms with Gasteiger partial charge in [-0.3, -0.25) is 0 Å². The Morgan fingerprint density at radius 3 is 0.513 bits per heavy atom. The van der Waals surface area contributed by atoms with Crippen molar-refractivity contribution in [3.8, 4) is 46.0 Å². The van der Waals surface area contributed by atoms with Crippen molar-refractivity contribution in [2.24, 2.45) is 0 Å². The summed E-state index contributed by atoms with van der Waals surface area (Å²) in [6.07, 6.45) is 48.6. The van der Waals surface area contributed by atoms with Gasteiger partial charge >= 0.3 is 0 Å². The summed E-state index contributed by atoms with van der Waals surface area (Å²) in [5.41, 5.74) is 23.9. The van der Waals surface area contributed by atoms with E-state index in [-0.39, 0.29) is 23.0 Å². The normalized spacial score (nSPS) is 12.0. The zero-order chi connectivity index (χ0) is 85.3. The molecule has 0 spiro atoms. The van der Waals surface area contributed by atoms with Gasteiger partial charge in [-0.1, -0.05) is 293 Å². The van der Waals surface area contributed by atoms with E-state index in [4.69, 9.17) is 18.9 Å². The lowest BCUT2D eigenvalue weighted by atomic mass is 9.87. The number of aromatic hydroxyl groups is 4. The third-order valence-corrected chi connectivity index (χ3v) is 23.1. The zero-order valence-corrected chi connectivity index (χ0v) is 74.9. The van der Waals surface area contributed by atoms with Crippen LogP contribution in [0.15, 0.2) is 198 Å². The van der Waals surface area contributed by atoms with Crippen LogP contribution in [0.25, 0.3) is 0 Å². The number of halogens is 1. The van der Waals surface area contributed by atoms with Gasteiger partial charge in [0.1, 0.15) is 46.0 Å². The molecule has 0 unspecified atom stereocenters. The predicted molar refractivity (Wildman–Crippen MR) is 508 cm³/mol. The van der Waals surface area contributed by atoms with Gasteiger partial charge in [0.05, 0.1) is 26.4 Å². The standard InChI is InChI=1S/C64H88O4.C40H40O4.C6H13Br/c1-9-17-21-25-33-65-61-53-37-49(29-13-5)38-54(61)46-56-40-51(31-15-7)42-58(63(56)67-35-27-23-19-11-3)48-60-44-52(32-16-8)43-59(64(60)68-36-28-24-20-12-4)47-57-41-50(30-14-6)39-55(45-53)62(57)66-34-26-22-18-10-2;1-5-9-25-13-29-21-31-15-26(10-6-2)17-33(38(31)42)23-35-19-28(12-8-4)20-36(40(35)44)24-34-18-27(11-7-3)16-32(39(34)43)22-30(14-25)37(29)41;1-2-3-4-5-6-7/h13-16,37-44H,5-12,17-36,45-48H2,1-4H3;5-8,13-20,41-44H,1-4,9-12,21-24H2;2-6H2,1H3. The Labute approximate surface area is 725 Å². The first-order chi connectivity index (χ1) is 58.0. The van der Waals surface area contributed by atoms with Crippen LogP contribution >= 0.6 is 15.9 Å². The topological polar surface area (TPSA) is 118 Å². The van der Waals surface area contributed by atoms with Gasteiger partial charge in [0, 0.05) is 56.7 Å². The number of hydrogen-bond acceptors (Lipinski definition) is 8. The van der Waals surface area contributed by atoms with Gasteiger partial charge in [0.15, 0.2) is 0 Å². The fourth-order valence-electron chi connectivity index (χ4n) is 16.8. The van der Waals surface area contributed by atoms with Crippen molar-refractivity contribution in [1.29, 1.82) is 0 Å². The number of phenols is 4. The lowest BCUT2D eigenvalue weighted by Crippen LogP contribution is -2.12. The Kier molecular flexibility index (Phi) is 41.4. The van der Waals surface area contributed by atoms with Crippen LogP contribution in [-0.2, 0) is 103 Å². The molecule has 0 aliphatic heterocycles. The molecule has 16 bridgehead atoms. The van der Waals surface area contributed by atoms with E-state index in [9.17, 15) is 20.4 Å². The van der Waals surface area contributed by atoms with Crippen LogP contribution in [0.4, 0.5) is 0 Å². The number of alkyl halides is 1. The number of unbranched alkanes of at least 4 members (excludes halogenated alkanes) is 15. The molecule has 0 saturated heterocycles. The summed E-state index contributed by atoms with van der Waals surface area (Å²) in [5, 5.41) is 47.6. The van der Waals surface area contributed by atoms with Gasteiger partial charge in [0.25, 0.3) is 0 Å². The highest BCUT2D eigenvalue weighted by molar-refractivity contribution is 9.09. The van der Waals surface area contributed by atoms with Crippen LogP contribution in [0.2, 0.25) is 0 Å². The first kappa shape index (κ1) is 95.0. The van der Waals surface area contributed by atoms with Crippen molar-refractivity contribution in [1.82, 2.24) is 0 Å². The molecule has 2 aliphatic rings. The van der Waals surface area contributed by atoms with Crippen LogP contribution in [0.1, 0.15) is 297 Å². The summed E-state index contributed by atoms with van der Waals surface area (Å²) in [5.74, 6) is 4.56. The third kappa shape index (κ3) is 28.9. The Morgan fingerprint density at radius 1 is 0.227 bits per heavy atom. The molecule has 636 valence electrons. The minimum atomic E-state index is 0.145. The van der Waals surface area contributed by atoms with Crippen molar-refractivity contribution < 1.29 is 39.4 Å². The van der Waals surface area contributed by atoms with E-state index in [1.165, 1.54) is 149 Å². The number of ether oxygens (including phenoxy) is 4. The first-order valence-corrected chi connectivity index (χ1v) is 46.0. The molecule has 9 heteroatoms. The number of phenolic OH excluding ortho intramolecular Hbond substituents is 4. The number of rotatable bonds is 44. The van der Waals surface area contributed by atoms with E-state index in [0.29, 0.717) is 148 Å². The number of hydrogen-bond donors (Lipinski definition) is 4. The van der Waals surface area contributed by atoms with Crippen LogP contribution in [-0.4, -0.2) is 52.2 Å². The quantitative estimate of drug-likeness (QED) is 0.0169. The van der Waals surface area contributed by atoms with Crippen molar-refractivity contribution in [3.05, 3.63) is 332 Å². The first-order valence-electron chi connectivity index (χ1n) is 44.9. The molecule has 10 rings (SSSR count). The highest BCUT2D eigenvalue weighted by Crippen LogP contribution is 2.44. The minimum Gasteiger partial charge on any atom is -0.507 e. The van der Waals surface area contributed by atoms with Gasteiger partial charge in [-0.05, 0) is 217 Å². The molecule has 8 aromatic rings. The summed E-state index contributed by atoms with van der Waals surface area (Å²) < 4.78 is 28.4. The van der Waals surface area contributed by atoms with E-state index in [1.54, 1.807) is 0 Å². The van der Waals surface area contributed by atoms with E-state index in [1.807, 2.05) is 97.1 Å². The van der Waals surface area contributed by atoms with Gasteiger partial charge < -0.3 is 39.4 Å². The second-order valence-electron chi connectivity index (χ2n) is 32.8. The molecule has 0 aromatic heterocycles. The maximum absolute atomic E-state index is 11.6. The molecule has 0 saturated carbocycles.